The van der Waals surface area contributed by atoms with E-state index in [1.807, 2.05) is 18.2 Å². The van der Waals surface area contributed by atoms with Crippen molar-refractivity contribution in [3.05, 3.63) is 71.0 Å². The van der Waals surface area contributed by atoms with Crippen LogP contribution in [-0.2, 0) is 11.2 Å². The zero-order chi connectivity index (χ0) is 16.8. The van der Waals surface area contributed by atoms with E-state index < -0.39 is 0 Å². The van der Waals surface area contributed by atoms with E-state index >= 15 is 0 Å². The van der Waals surface area contributed by atoms with Crippen LogP contribution in [0.3, 0.4) is 0 Å². The van der Waals surface area contributed by atoms with Crippen molar-refractivity contribution < 1.29 is 13.9 Å². The fourth-order valence-electron chi connectivity index (χ4n) is 2.00. The van der Waals surface area contributed by atoms with Gasteiger partial charge in [0, 0.05) is 6.42 Å². The number of hydrogen-bond donors (Lipinski definition) is 1. The second-order valence-corrected chi connectivity index (χ2v) is 5.98. The lowest BCUT2D eigenvalue weighted by atomic mass is 10.1. The lowest BCUT2D eigenvalue weighted by molar-refractivity contribution is -0.118. The lowest BCUT2D eigenvalue weighted by Crippen LogP contribution is -2.20. The fourth-order valence-corrected chi connectivity index (χ4v) is 2.78. The molecule has 2 aromatic carbocycles. The highest BCUT2D eigenvalue weighted by Gasteiger charge is 2.11. The Morgan fingerprint density at radius 2 is 1.83 bits per heavy atom. The zero-order valence-corrected chi connectivity index (χ0v) is 13.4. The number of nitrogens with zero attached hydrogens (tertiary/aromatic N) is 2. The number of carbonyl (C=O) groups excluding carboxylic acids is 1. The summed E-state index contributed by atoms with van der Waals surface area (Å²) in [5.74, 6) is 0.00662. The smallest absolute Gasteiger partial charge is 0.264 e. The molecule has 7 heteroatoms. The third-order valence-corrected chi connectivity index (χ3v) is 3.96. The number of nitrogens with one attached hydrogen (secondary N) is 1. The Kier molecular flexibility index (Phi) is 5.12. The number of benzene rings is 2. The van der Waals surface area contributed by atoms with Crippen molar-refractivity contribution >= 4 is 22.4 Å². The van der Waals surface area contributed by atoms with Gasteiger partial charge in [-0.15, -0.1) is 10.2 Å². The third-order valence-electron chi connectivity index (χ3n) is 3.13. The van der Waals surface area contributed by atoms with Crippen LogP contribution >= 0.6 is 11.3 Å². The van der Waals surface area contributed by atoms with E-state index in [4.69, 9.17) is 4.74 Å². The molecular formula is C17H14FN3O2S. The molecule has 3 rings (SSSR count). The van der Waals surface area contributed by atoms with Crippen LogP contribution in [0.5, 0.6) is 5.75 Å². The molecule has 0 atom stereocenters. The molecular weight excluding hydrogens is 329 g/mol. The van der Waals surface area contributed by atoms with Gasteiger partial charge in [0.2, 0.25) is 5.13 Å². The van der Waals surface area contributed by atoms with Crippen molar-refractivity contribution in [1.82, 2.24) is 10.2 Å². The van der Waals surface area contributed by atoms with E-state index in [0.717, 1.165) is 0 Å². The molecule has 0 saturated carbocycles. The number of halogens is 1. The molecule has 0 saturated heterocycles. The Balaban J connectivity index is 1.54. The molecule has 122 valence electrons. The minimum Gasteiger partial charge on any atom is -0.484 e. The maximum absolute atomic E-state index is 13.6. The minimum absolute atomic E-state index is 0.119. The number of anilines is 1. The molecule has 0 aliphatic rings. The summed E-state index contributed by atoms with van der Waals surface area (Å²) in [6.07, 6.45) is 0.334. The van der Waals surface area contributed by atoms with Crippen molar-refractivity contribution in [2.75, 3.05) is 11.9 Å². The van der Waals surface area contributed by atoms with Gasteiger partial charge in [-0.05, 0) is 23.8 Å². The van der Waals surface area contributed by atoms with Gasteiger partial charge >= 0.3 is 0 Å². The van der Waals surface area contributed by atoms with Crippen molar-refractivity contribution in [3.8, 4) is 5.75 Å². The monoisotopic (exact) mass is 343 g/mol. The Labute approximate surface area is 142 Å². The van der Waals surface area contributed by atoms with E-state index in [1.54, 1.807) is 30.3 Å². The Morgan fingerprint density at radius 1 is 1.08 bits per heavy atom. The SMILES string of the molecule is O=C(COc1ccccc1)Nc1nnc(Cc2ccccc2F)s1. The van der Waals surface area contributed by atoms with Gasteiger partial charge in [-0.3, -0.25) is 10.1 Å². The van der Waals surface area contributed by atoms with Crippen molar-refractivity contribution in [2.24, 2.45) is 0 Å². The molecule has 1 N–H and O–H groups in total. The van der Waals surface area contributed by atoms with Gasteiger partial charge in [0.25, 0.3) is 5.91 Å². The van der Waals surface area contributed by atoms with Crippen LogP contribution < -0.4 is 10.1 Å². The maximum Gasteiger partial charge on any atom is 0.264 e. The summed E-state index contributed by atoms with van der Waals surface area (Å²) in [4.78, 5) is 11.9. The lowest BCUT2D eigenvalue weighted by Gasteiger charge is -2.04. The highest BCUT2D eigenvalue weighted by atomic mass is 32.1. The van der Waals surface area contributed by atoms with Crippen LogP contribution in [0.15, 0.2) is 54.6 Å². The number of amides is 1. The average molecular weight is 343 g/mol. The summed E-state index contributed by atoms with van der Waals surface area (Å²) < 4.78 is 19.0. The van der Waals surface area contributed by atoms with E-state index in [-0.39, 0.29) is 18.3 Å². The molecule has 0 unspecified atom stereocenters. The summed E-state index contributed by atoms with van der Waals surface area (Å²) in [6, 6.07) is 15.6. The van der Waals surface area contributed by atoms with Crippen molar-refractivity contribution in [3.63, 3.8) is 0 Å². The molecule has 3 aromatic rings. The minimum atomic E-state index is -0.326. The molecule has 0 radical (unpaired) electrons. The predicted octanol–water partition coefficient (Wildman–Crippen LogP) is 3.29. The van der Waals surface area contributed by atoms with Crippen LogP contribution in [-0.4, -0.2) is 22.7 Å². The zero-order valence-electron chi connectivity index (χ0n) is 12.6. The summed E-state index contributed by atoms with van der Waals surface area (Å²) in [6.45, 7) is -0.119. The first-order valence-corrected chi connectivity index (χ1v) is 8.06. The van der Waals surface area contributed by atoms with E-state index in [0.29, 0.717) is 27.9 Å². The van der Waals surface area contributed by atoms with Gasteiger partial charge in [-0.25, -0.2) is 4.39 Å². The quantitative estimate of drug-likeness (QED) is 0.746. The van der Waals surface area contributed by atoms with Gasteiger partial charge in [-0.2, -0.15) is 0 Å². The van der Waals surface area contributed by atoms with Crippen molar-refractivity contribution in [1.29, 1.82) is 0 Å². The number of rotatable bonds is 6. The first-order chi connectivity index (χ1) is 11.7. The van der Waals surface area contributed by atoms with Crippen LogP contribution in [0.4, 0.5) is 9.52 Å². The molecule has 0 bridgehead atoms. The van der Waals surface area contributed by atoms with Gasteiger partial charge in [0.15, 0.2) is 6.61 Å². The molecule has 0 aliphatic carbocycles. The molecule has 1 heterocycles. The number of aromatic nitrogens is 2. The van der Waals surface area contributed by atoms with E-state index in [9.17, 15) is 9.18 Å². The first kappa shape index (κ1) is 16.1. The highest BCUT2D eigenvalue weighted by molar-refractivity contribution is 7.15. The van der Waals surface area contributed by atoms with Gasteiger partial charge < -0.3 is 4.74 Å². The van der Waals surface area contributed by atoms with Crippen molar-refractivity contribution in [2.45, 2.75) is 6.42 Å². The second-order valence-electron chi connectivity index (χ2n) is 4.92. The standard InChI is InChI=1S/C17H14FN3O2S/c18-14-9-5-4-6-12(14)10-16-20-21-17(24-16)19-15(22)11-23-13-7-2-1-3-8-13/h1-9H,10-11H2,(H,19,21,22). The number of hydrogen-bond acceptors (Lipinski definition) is 5. The molecule has 1 aromatic heterocycles. The fraction of sp³-hybridized carbons (Fsp3) is 0.118. The van der Waals surface area contributed by atoms with Gasteiger partial charge in [0.1, 0.15) is 16.6 Å². The maximum atomic E-state index is 13.6. The third kappa shape index (κ3) is 4.36. The first-order valence-electron chi connectivity index (χ1n) is 7.24. The number of carbonyl (C=O) groups is 1. The second kappa shape index (κ2) is 7.65. The normalized spacial score (nSPS) is 10.4. The van der Waals surface area contributed by atoms with Gasteiger partial charge in [0.05, 0.1) is 0 Å². The Bertz CT molecular complexity index is 823. The van der Waals surface area contributed by atoms with E-state index in [2.05, 4.69) is 15.5 Å². The van der Waals surface area contributed by atoms with Crippen LogP contribution in [0, 0.1) is 5.82 Å². The molecule has 0 aliphatic heterocycles. The molecule has 0 spiro atoms. The number of ether oxygens (including phenoxy) is 1. The Morgan fingerprint density at radius 3 is 2.62 bits per heavy atom. The Hall–Kier alpha value is -2.80. The largest absolute Gasteiger partial charge is 0.484 e. The van der Waals surface area contributed by atoms with Crippen LogP contribution in [0.1, 0.15) is 10.6 Å². The molecule has 5 nitrogen and oxygen atoms in total. The summed E-state index contributed by atoms with van der Waals surface area (Å²) in [5, 5.41) is 11.5. The molecule has 0 fully saturated rings. The summed E-state index contributed by atoms with van der Waals surface area (Å²) >= 11 is 1.21. The topological polar surface area (TPSA) is 64.1 Å². The predicted molar refractivity (Wildman–Crippen MR) is 89.7 cm³/mol. The molecule has 24 heavy (non-hydrogen) atoms. The van der Waals surface area contributed by atoms with Crippen LogP contribution in [0.2, 0.25) is 0 Å². The summed E-state index contributed by atoms with van der Waals surface area (Å²) in [5.41, 5.74) is 0.541. The van der Waals surface area contributed by atoms with Crippen LogP contribution in [0.25, 0.3) is 0 Å². The van der Waals surface area contributed by atoms with E-state index in [1.165, 1.54) is 17.4 Å². The number of para-hydroxylation sites is 1. The van der Waals surface area contributed by atoms with Gasteiger partial charge in [-0.1, -0.05) is 47.7 Å². The average Bonchev–Trinajstić information content (AvgIpc) is 3.03. The molecule has 1 amide bonds. The highest BCUT2D eigenvalue weighted by Crippen LogP contribution is 2.20. The summed E-state index contributed by atoms with van der Waals surface area (Å²) in [7, 11) is 0.